The van der Waals surface area contributed by atoms with E-state index in [1.54, 1.807) is 0 Å². The molecule has 5 nitrogen and oxygen atoms in total. The van der Waals surface area contributed by atoms with Crippen LogP contribution >= 0.6 is 0 Å². The van der Waals surface area contributed by atoms with Gasteiger partial charge in [0.25, 0.3) is 0 Å². The molecule has 0 atom stereocenters. The molecule has 0 unspecified atom stereocenters. The average molecular weight is 795 g/mol. The number of oxazole rings is 1. The van der Waals surface area contributed by atoms with Crippen LogP contribution in [0.2, 0.25) is 0 Å². The fraction of sp³-hybridized carbons (Fsp3) is 0. The van der Waals surface area contributed by atoms with E-state index < -0.39 is 0 Å². The lowest BCUT2D eigenvalue weighted by Crippen LogP contribution is -2.10. The van der Waals surface area contributed by atoms with Gasteiger partial charge in [-0.2, -0.15) is 0 Å². The molecule has 2 aromatic heterocycles. The highest BCUT2D eigenvalue weighted by molar-refractivity contribution is 6.12. The van der Waals surface area contributed by atoms with E-state index in [0.717, 1.165) is 56.5 Å². The highest BCUT2D eigenvalue weighted by Gasteiger charge is 2.19. The fourth-order valence-electron chi connectivity index (χ4n) is 9.08. The normalized spacial score (nSPS) is 11.5. The third-order valence-electron chi connectivity index (χ3n) is 11.9. The van der Waals surface area contributed by atoms with Crippen molar-refractivity contribution in [3.05, 3.63) is 231 Å². The van der Waals surface area contributed by atoms with E-state index in [4.69, 9.17) is 9.40 Å². The summed E-state index contributed by atoms with van der Waals surface area (Å²) in [6.07, 6.45) is 0. The van der Waals surface area contributed by atoms with Crippen molar-refractivity contribution in [2.45, 2.75) is 0 Å². The Morgan fingerprint density at radius 2 is 0.855 bits per heavy atom. The zero-order valence-corrected chi connectivity index (χ0v) is 33.6. The van der Waals surface area contributed by atoms with Crippen molar-refractivity contribution in [2.24, 2.45) is 0 Å². The smallest absolute Gasteiger partial charge is 0.227 e. The van der Waals surface area contributed by atoms with E-state index in [0.29, 0.717) is 5.89 Å². The van der Waals surface area contributed by atoms with Gasteiger partial charge < -0.3 is 18.8 Å². The predicted molar refractivity (Wildman–Crippen MR) is 258 cm³/mol. The third-order valence-corrected chi connectivity index (χ3v) is 11.9. The fourth-order valence-corrected chi connectivity index (χ4v) is 9.08. The summed E-state index contributed by atoms with van der Waals surface area (Å²) in [7, 11) is 0. The number of rotatable bonds is 8. The molecule has 0 spiro atoms. The summed E-state index contributed by atoms with van der Waals surface area (Å²) < 4.78 is 8.45. The van der Waals surface area contributed by atoms with E-state index in [1.165, 1.54) is 43.4 Å². The number of aromatic nitrogens is 2. The number of anilines is 6. The summed E-state index contributed by atoms with van der Waals surface area (Å²) in [6.45, 7) is 0. The Hall–Kier alpha value is -8.41. The lowest BCUT2D eigenvalue weighted by Gasteiger charge is -2.27. The Bertz CT molecular complexity index is 3540. The minimum Gasteiger partial charge on any atom is -0.436 e. The number of hydrogen-bond donors (Lipinski definition) is 0. The number of fused-ring (bicyclic) bond motifs is 7. The molecule has 62 heavy (non-hydrogen) atoms. The first-order chi connectivity index (χ1) is 30.7. The minimum atomic E-state index is 0.616. The summed E-state index contributed by atoms with van der Waals surface area (Å²) >= 11 is 0. The monoisotopic (exact) mass is 794 g/mol. The van der Waals surface area contributed by atoms with Crippen molar-refractivity contribution in [3.8, 4) is 17.1 Å². The van der Waals surface area contributed by atoms with Gasteiger partial charge in [0.05, 0.1) is 11.0 Å². The molecular formula is C57H38N4O. The Morgan fingerprint density at radius 3 is 1.52 bits per heavy atom. The van der Waals surface area contributed by atoms with Crippen molar-refractivity contribution < 1.29 is 4.42 Å². The molecule has 2 heterocycles. The van der Waals surface area contributed by atoms with Gasteiger partial charge in [0.15, 0.2) is 5.58 Å². The van der Waals surface area contributed by atoms with Crippen molar-refractivity contribution in [2.75, 3.05) is 9.80 Å². The van der Waals surface area contributed by atoms with E-state index in [9.17, 15) is 0 Å². The molecule has 10 aromatic carbocycles. The maximum absolute atomic E-state index is 6.09. The molecular weight excluding hydrogens is 757 g/mol. The van der Waals surface area contributed by atoms with Crippen LogP contribution in [-0.4, -0.2) is 9.55 Å². The van der Waals surface area contributed by atoms with Crippen molar-refractivity contribution >= 4 is 88.6 Å². The second-order valence-electron chi connectivity index (χ2n) is 15.6. The molecule has 0 aliphatic rings. The molecule has 0 amide bonds. The molecule has 292 valence electrons. The predicted octanol–water partition coefficient (Wildman–Crippen LogP) is 15.8. The molecule has 0 saturated carbocycles. The SMILES string of the molecule is c1ccc(N(c2ccc(-c3nc4ccccc4o3)cc2)c2ccc3c(ccc4cc(N(c5ccccc5)c5ccc6c(c5)c5ccccc5n6-c5ccccc5)ccc43)c2)cc1. The van der Waals surface area contributed by atoms with Gasteiger partial charge in [-0.15, -0.1) is 0 Å². The Morgan fingerprint density at radius 1 is 0.355 bits per heavy atom. The standard InChI is InChI=1S/C57H38N4O/c1-4-14-42(15-5-1)59(45-28-26-39(27-29-45)57-58-53-21-11-13-23-56(53)62-57)46-30-33-49-40(36-46)24-25-41-37-47(31-34-50(41)49)60(43-16-6-2-7-17-43)48-32-35-55-52(38-48)51-20-10-12-22-54(51)61(55)44-18-8-3-9-19-44/h1-38H. The summed E-state index contributed by atoms with van der Waals surface area (Å²) in [4.78, 5) is 9.40. The highest BCUT2D eigenvalue weighted by atomic mass is 16.3. The van der Waals surface area contributed by atoms with Crippen LogP contribution in [0.4, 0.5) is 34.1 Å². The zero-order valence-electron chi connectivity index (χ0n) is 33.6. The van der Waals surface area contributed by atoms with E-state index in [1.807, 2.05) is 24.3 Å². The lowest BCUT2D eigenvalue weighted by atomic mass is 10.00. The number of benzene rings is 10. The van der Waals surface area contributed by atoms with Crippen LogP contribution < -0.4 is 9.80 Å². The van der Waals surface area contributed by atoms with Crippen LogP contribution in [0.15, 0.2) is 235 Å². The molecule has 0 bridgehead atoms. The van der Waals surface area contributed by atoms with Crippen LogP contribution in [0, 0.1) is 0 Å². The topological polar surface area (TPSA) is 37.4 Å². The van der Waals surface area contributed by atoms with Crippen LogP contribution in [0.25, 0.3) is 71.6 Å². The van der Waals surface area contributed by atoms with Crippen LogP contribution in [0.1, 0.15) is 0 Å². The Balaban J connectivity index is 0.932. The molecule has 0 saturated heterocycles. The second-order valence-corrected chi connectivity index (χ2v) is 15.6. The summed E-state index contributed by atoms with van der Waals surface area (Å²) in [5.74, 6) is 0.616. The van der Waals surface area contributed by atoms with Gasteiger partial charge in [-0.3, -0.25) is 0 Å². The van der Waals surface area contributed by atoms with Crippen LogP contribution in [0.3, 0.4) is 0 Å². The maximum Gasteiger partial charge on any atom is 0.227 e. The maximum atomic E-state index is 6.09. The van der Waals surface area contributed by atoms with Crippen LogP contribution in [-0.2, 0) is 0 Å². The minimum absolute atomic E-state index is 0.616. The molecule has 0 aliphatic carbocycles. The van der Waals surface area contributed by atoms with E-state index >= 15 is 0 Å². The first kappa shape index (κ1) is 35.5. The zero-order chi connectivity index (χ0) is 41.0. The quantitative estimate of drug-likeness (QED) is 0.144. The van der Waals surface area contributed by atoms with Gasteiger partial charge in [-0.1, -0.05) is 109 Å². The van der Waals surface area contributed by atoms with Crippen molar-refractivity contribution in [3.63, 3.8) is 0 Å². The molecule has 0 radical (unpaired) electrons. The summed E-state index contributed by atoms with van der Waals surface area (Å²) in [5, 5.41) is 7.22. The van der Waals surface area contributed by atoms with Crippen molar-refractivity contribution in [1.29, 1.82) is 0 Å². The van der Waals surface area contributed by atoms with Gasteiger partial charge in [0.2, 0.25) is 5.89 Å². The molecule has 0 aliphatic heterocycles. The van der Waals surface area contributed by atoms with Gasteiger partial charge in [-0.05, 0) is 143 Å². The van der Waals surface area contributed by atoms with E-state index in [2.05, 4.69) is 221 Å². The molecule has 12 rings (SSSR count). The summed E-state index contributed by atoms with van der Waals surface area (Å²) in [5.41, 5.74) is 12.6. The van der Waals surface area contributed by atoms with E-state index in [-0.39, 0.29) is 0 Å². The molecule has 5 heteroatoms. The molecule has 12 aromatic rings. The molecule has 0 fully saturated rings. The van der Waals surface area contributed by atoms with Gasteiger partial charge in [0, 0.05) is 56.1 Å². The number of nitrogens with zero attached hydrogens (tertiary/aromatic N) is 4. The Kier molecular flexibility index (Phi) is 8.42. The Labute approximate surface area is 358 Å². The van der Waals surface area contributed by atoms with Crippen molar-refractivity contribution in [1.82, 2.24) is 9.55 Å². The third kappa shape index (κ3) is 6.06. The van der Waals surface area contributed by atoms with Gasteiger partial charge >= 0.3 is 0 Å². The van der Waals surface area contributed by atoms with Gasteiger partial charge in [0.1, 0.15) is 5.52 Å². The van der Waals surface area contributed by atoms with Crippen LogP contribution in [0.5, 0.6) is 0 Å². The molecule has 0 N–H and O–H groups in total. The average Bonchev–Trinajstić information content (AvgIpc) is 3.92. The summed E-state index contributed by atoms with van der Waals surface area (Å²) in [6, 6.07) is 81.9. The number of hydrogen-bond acceptors (Lipinski definition) is 4. The van der Waals surface area contributed by atoms with Gasteiger partial charge in [-0.25, -0.2) is 4.98 Å². The lowest BCUT2D eigenvalue weighted by molar-refractivity contribution is 0.620. The second kappa shape index (κ2) is 14.7. The first-order valence-corrected chi connectivity index (χ1v) is 21.0. The number of para-hydroxylation sites is 6. The first-order valence-electron chi connectivity index (χ1n) is 21.0. The highest BCUT2D eigenvalue weighted by Crippen LogP contribution is 2.42. The largest absolute Gasteiger partial charge is 0.436 e.